The fraction of sp³-hybridized carbons (Fsp3) is 0. The van der Waals surface area contributed by atoms with Crippen molar-refractivity contribution in [1.82, 2.24) is 4.98 Å². The van der Waals surface area contributed by atoms with Gasteiger partial charge in [0.25, 0.3) is 5.56 Å². The van der Waals surface area contributed by atoms with E-state index in [9.17, 15) is 9.90 Å². The Balaban J connectivity index is 2.98. The molecule has 0 saturated heterocycles. The molecule has 0 amide bonds. The van der Waals surface area contributed by atoms with Gasteiger partial charge in [0.2, 0.25) is 0 Å². The molecule has 0 aliphatic rings. The van der Waals surface area contributed by atoms with Crippen LogP contribution in [0.1, 0.15) is 0 Å². The molecule has 5 heteroatoms. The van der Waals surface area contributed by atoms with Crippen LogP contribution in [0, 0.1) is 0 Å². The van der Waals surface area contributed by atoms with Crippen LogP contribution >= 0.6 is 11.6 Å². The largest absolute Gasteiger partial charge is 0.505 e. The maximum absolute atomic E-state index is 11.2. The summed E-state index contributed by atoms with van der Waals surface area (Å²) < 4.78 is 0. The summed E-state index contributed by atoms with van der Waals surface area (Å²) >= 11 is 5.73. The second-order valence-corrected chi connectivity index (χ2v) is 3.34. The Kier molecular flexibility index (Phi) is 1.86. The van der Waals surface area contributed by atoms with Crippen LogP contribution in [0.4, 0.5) is 5.69 Å². The van der Waals surface area contributed by atoms with Crippen molar-refractivity contribution in [2.24, 2.45) is 0 Å². The molecule has 4 nitrogen and oxygen atoms in total. The Morgan fingerprint density at radius 2 is 2.14 bits per heavy atom. The number of aromatic nitrogens is 1. The van der Waals surface area contributed by atoms with E-state index in [2.05, 4.69) is 4.98 Å². The molecule has 0 saturated carbocycles. The lowest BCUT2D eigenvalue weighted by Gasteiger charge is -2.03. The summed E-state index contributed by atoms with van der Waals surface area (Å²) in [5, 5.41) is 10.5. The molecule has 72 valence electrons. The number of aromatic amines is 1. The number of halogens is 1. The van der Waals surface area contributed by atoms with Crippen LogP contribution in [-0.4, -0.2) is 10.1 Å². The molecular formula is C9H7ClN2O2. The van der Waals surface area contributed by atoms with Gasteiger partial charge in [-0.25, -0.2) is 0 Å². The molecule has 0 spiro atoms. The first kappa shape index (κ1) is 8.90. The zero-order valence-electron chi connectivity index (χ0n) is 7.04. The summed E-state index contributed by atoms with van der Waals surface area (Å²) in [6.45, 7) is 0. The number of pyridine rings is 1. The van der Waals surface area contributed by atoms with E-state index >= 15 is 0 Å². The van der Waals surface area contributed by atoms with Crippen molar-refractivity contribution in [2.75, 3.05) is 5.73 Å². The van der Waals surface area contributed by atoms with Gasteiger partial charge in [-0.05, 0) is 18.2 Å². The number of nitrogens with two attached hydrogens (primary N) is 1. The van der Waals surface area contributed by atoms with E-state index in [-0.39, 0.29) is 11.4 Å². The van der Waals surface area contributed by atoms with Gasteiger partial charge in [0, 0.05) is 10.4 Å². The number of nitrogen functional groups attached to an aromatic ring is 1. The summed E-state index contributed by atoms with van der Waals surface area (Å²) in [5.74, 6) is -0.208. The van der Waals surface area contributed by atoms with Crippen LogP contribution in [0.25, 0.3) is 10.9 Å². The van der Waals surface area contributed by atoms with Crippen molar-refractivity contribution in [3.63, 3.8) is 0 Å². The zero-order valence-corrected chi connectivity index (χ0v) is 7.80. The second-order valence-electron chi connectivity index (χ2n) is 2.91. The molecule has 0 radical (unpaired) electrons. The highest BCUT2D eigenvalue weighted by molar-refractivity contribution is 6.31. The number of rotatable bonds is 0. The van der Waals surface area contributed by atoms with Crippen molar-refractivity contribution in [3.05, 3.63) is 33.6 Å². The maximum atomic E-state index is 11.2. The lowest BCUT2D eigenvalue weighted by Crippen LogP contribution is -2.11. The van der Waals surface area contributed by atoms with E-state index in [0.29, 0.717) is 15.9 Å². The Morgan fingerprint density at radius 1 is 1.43 bits per heavy atom. The Labute approximate surface area is 83.9 Å². The summed E-state index contributed by atoms with van der Waals surface area (Å²) in [5.41, 5.74) is 5.13. The van der Waals surface area contributed by atoms with Crippen molar-refractivity contribution in [2.45, 2.75) is 0 Å². The van der Waals surface area contributed by atoms with Crippen molar-refractivity contribution >= 4 is 28.2 Å². The van der Waals surface area contributed by atoms with Crippen LogP contribution in [-0.2, 0) is 0 Å². The minimum Gasteiger partial charge on any atom is -0.505 e. The smallest absolute Gasteiger partial charge is 0.275 e. The van der Waals surface area contributed by atoms with E-state index in [0.717, 1.165) is 0 Å². The maximum Gasteiger partial charge on any atom is 0.275 e. The molecule has 1 heterocycles. The molecule has 1 aromatic heterocycles. The third-order valence-corrected chi connectivity index (χ3v) is 2.22. The Hall–Kier alpha value is -1.68. The number of anilines is 1. The zero-order chi connectivity index (χ0) is 10.3. The monoisotopic (exact) mass is 210 g/mol. The summed E-state index contributed by atoms with van der Waals surface area (Å²) in [6, 6.07) is 4.76. The molecule has 2 aromatic rings. The average molecular weight is 211 g/mol. The molecule has 0 unspecified atom stereocenters. The van der Waals surface area contributed by atoms with E-state index < -0.39 is 5.56 Å². The highest BCUT2D eigenvalue weighted by Crippen LogP contribution is 2.27. The van der Waals surface area contributed by atoms with E-state index in [1.807, 2.05) is 0 Å². The van der Waals surface area contributed by atoms with Gasteiger partial charge >= 0.3 is 0 Å². The van der Waals surface area contributed by atoms with Crippen molar-refractivity contribution in [3.8, 4) is 5.75 Å². The van der Waals surface area contributed by atoms with Crippen LogP contribution in [0.2, 0.25) is 5.02 Å². The van der Waals surface area contributed by atoms with Gasteiger partial charge in [-0.3, -0.25) is 4.79 Å². The van der Waals surface area contributed by atoms with Crippen LogP contribution < -0.4 is 11.3 Å². The summed E-state index contributed by atoms with van der Waals surface area (Å²) in [6.07, 6.45) is 0. The number of fused-ring (bicyclic) bond motifs is 1. The first-order chi connectivity index (χ1) is 6.59. The van der Waals surface area contributed by atoms with Crippen molar-refractivity contribution in [1.29, 1.82) is 0 Å². The molecule has 0 atom stereocenters. The van der Waals surface area contributed by atoms with E-state index in [1.54, 1.807) is 18.2 Å². The lowest BCUT2D eigenvalue weighted by atomic mass is 10.2. The number of hydrogen-bond donors (Lipinski definition) is 3. The van der Waals surface area contributed by atoms with Gasteiger partial charge in [0.05, 0.1) is 5.52 Å². The quantitative estimate of drug-likeness (QED) is 0.616. The topological polar surface area (TPSA) is 79.1 Å². The minimum absolute atomic E-state index is 0.181. The Morgan fingerprint density at radius 3 is 2.86 bits per heavy atom. The summed E-state index contributed by atoms with van der Waals surface area (Å²) in [4.78, 5) is 13.7. The molecular weight excluding hydrogens is 204 g/mol. The highest BCUT2D eigenvalue weighted by Gasteiger charge is 2.07. The number of hydrogen-bond acceptors (Lipinski definition) is 3. The van der Waals surface area contributed by atoms with Gasteiger partial charge in [-0.2, -0.15) is 0 Å². The standard InChI is InChI=1S/C9H7ClN2O2/c10-4-1-2-5-6(3-4)12-9(14)7(11)8(5)13/h1-3H,11H2,(H2,12,13,14). The molecule has 0 bridgehead atoms. The fourth-order valence-corrected chi connectivity index (χ4v) is 1.44. The normalized spacial score (nSPS) is 10.6. The van der Waals surface area contributed by atoms with Gasteiger partial charge in [0.15, 0.2) is 5.75 Å². The van der Waals surface area contributed by atoms with Gasteiger partial charge in [-0.1, -0.05) is 11.6 Å². The van der Waals surface area contributed by atoms with Crippen molar-refractivity contribution < 1.29 is 5.11 Å². The fourth-order valence-electron chi connectivity index (χ4n) is 1.27. The SMILES string of the molecule is Nc1c(O)c2ccc(Cl)cc2[nH]c1=O. The second kappa shape index (κ2) is 2.92. The first-order valence-electron chi connectivity index (χ1n) is 3.89. The Bertz CT molecular complexity index is 562. The predicted molar refractivity (Wildman–Crippen MR) is 55.7 cm³/mol. The predicted octanol–water partition coefficient (Wildman–Crippen LogP) is 1.47. The van der Waals surface area contributed by atoms with Gasteiger partial charge in [0.1, 0.15) is 5.69 Å². The minimum atomic E-state index is -0.516. The number of nitrogens with one attached hydrogen (secondary N) is 1. The first-order valence-corrected chi connectivity index (χ1v) is 4.27. The van der Waals surface area contributed by atoms with Gasteiger partial charge < -0.3 is 15.8 Å². The molecule has 0 aliphatic carbocycles. The van der Waals surface area contributed by atoms with E-state index in [1.165, 1.54) is 0 Å². The highest BCUT2D eigenvalue weighted by atomic mass is 35.5. The third-order valence-electron chi connectivity index (χ3n) is 1.98. The average Bonchev–Trinajstić information content (AvgIpc) is 2.14. The molecule has 2 rings (SSSR count). The molecule has 0 aliphatic heterocycles. The lowest BCUT2D eigenvalue weighted by molar-refractivity contribution is 0.483. The number of aromatic hydroxyl groups is 1. The third kappa shape index (κ3) is 1.20. The number of benzene rings is 1. The van der Waals surface area contributed by atoms with Gasteiger partial charge in [-0.15, -0.1) is 0 Å². The molecule has 0 fully saturated rings. The van der Waals surface area contributed by atoms with Crippen LogP contribution in [0.3, 0.4) is 0 Å². The summed E-state index contributed by atoms with van der Waals surface area (Å²) in [7, 11) is 0. The molecule has 1 aromatic carbocycles. The van der Waals surface area contributed by atoms with Crippen LogP contribution in [0.5, 0.6) is 5.75 Å². The number of H-pyrrole nitrogens is 1. The van der Waals surface area contributed by atoms with E-state index in [4.69, 9.17) is 17.3 Å². The molecule has 4 N–H and O–H groups in total. The molecule has 14 heavy (non-hydrogen) atoms. The van der Waals surface area contributed by atoms with Crippen LogP contribution in [0.15, 0.2) is 23.0 Å².